The second kappa shape index (κ2) is 9.89. The molecule has 2 aromatic rings. The lowest BCUT2D eigenvalue weighted by Crippen LogP contribution is -2.30. The van der Waals surface area contributed by atoms with E-state index >= 15 is 0 Å². The molecular formula is C22H20N2O4S. The standard InChI is InChI=1S/C22H20N2O4S/c23-13-15-6-5-7-16(12-15)24-21(26)14-29-20-11-4-1-8-17(20)22(27)28-19-10-3-2-9-18(19)25/h1,4-8,11-12,19H,2-3,9-10,14H2,(H,24,26)/t19-/m1/s1. The lowest BCUT2D eigenvalue weighted by molar-refractivity contribution is -0.130. The first-order valence-electron chi connectivity index (χ1n) is 9.32. The Balaban J connectivity index is 1.61. The summed E-state index contributed by atoms with van der Waals surface area (Å²) in [4.78, 5) is 37.4. The summed E-state index contributed by atoms with van der Waals surface area (Å²) in [6, 6.07) is 15.5. The molecule has 1 amide bonds. The maximum atomic E-state index is 12.6. The van der Waals surface area contributed by atoms with Crippen LogP contribution in [0.1, 0.15) is 41.6 Å². The Labute approximate surface area is 173 Å². The molecule has 1 saturated carbocycles. The van der Waals surface area contributed by atoms with Crippen LogP contribution in [0.4, 0.5) is 5.69 Å². The van der Waals surface area contributed by atoms with Gasteiger partial charge < -0.3 is 10.1 Å². The quantitative estimate of drug-likeness (QED) is 0.574. The van der Waals surface area contributed by atoms with Crippen molar-refractivity contribution in [2.24, 2.45) is 0 Å². The molecule has 7 heteroatoms. The third-order valence-electron chi connectivity index (χ3n) is 4.49. The van der Waals surface area contributed by atoms with Gasteiger partial charge in [-0.2, -0.15) is 5.26 Å². The van der Waals surface area contributed by atoms with Crippen molar-refractivity contribution in [3.05, 3.63) is 59.7 Å². The van der Waals surface area contributed by atoms with Crippen LogP contribution in [0.5, 0.6) is 0 Å². The lowest BCUT2D eigenvalue weighted by atomic mass is 9.96. The van der Waals surface area contributed by atoms with E-state index in [0.29, 0.717) is 34.6 Å². The minimum Gasteiger partial charge on any atom is -0.451 e. The number of thioether (sulfide) groups is 1. The fourth-order valence-electron chi connectivity index (χ4n) is 3.04. The predicted octanol–water partition coefficient (Wildman–Crippen LogP) is 3.96. The van der Waals surface area contributed by atoms with Crippen molar-refractivity contribution in [2.75, 3.05) is 11.1 Å². The van der Waals surface area contributed by atoms with Gasteiger partial charge in [0.25, 0.3) is 0 Å². The molecule has 0 aromatic heterocycles. The molecule has 0 spiro atoms. The van der Waals surface area contributed by atoms with Crippen LogP contribution in [0.3, 0.4) is 0 Å². The fraction of sp³-hybridized carbons (Fsp3) is 0.273. The zero-order valence-electron chi connectivity index (χ0n) is 15.7. The molecule has 2 aromatic carbocycles. The van der Waals surface area contributed by atoms with Crippen molar-refractivity contribution in [3.8, 4) is 6.07 Å². The third kappa shape index (κ3) is 5.69. The zero-order valence-corrected chi connectivity index (χ0v) is 16.5. The highest BCUT2D eigenvalue weighted by Crippen LogP contribution is 2.25. The van der Waals surface area contributed by atoms with Crippen LogP contribution in [0.15, 0.2) is 53.4 Å². The number of nitrogens with one attached hydrogen (secondary N) is 1. The molecule has 3 rings (SSSR count). The van der Waals surface area contributed by atoms with Crippen LogP contribution >= 0.6 is 11.8 Å². The van der Waals surface area contributed by atoms with E-state index in [1.54, 1.807) is 48.5 Å². The minimum atomic E-state index is -0.676. The maximum absolute atomic E-state index is 12.6. The molecule has 0 radical (unpaired) electrons. The van der Waals surface area contributed by atoms with Crippen LogP contribution in [0, 0.1) is 11.3 Å². The smallest absolute Gasteiger partial charge is 0.339 e. The Morgan fingerprint density at radius 2 is 2.00 bits per heavy atom. The highest BCUT2D eigenvalue weighted by Gasteiger charge is 2.27. The summed E-state index contributed by atoms with van der Waals surface area (Å²) in [5.41, 5.74) is 1.34. The molecule has 1 atom stereocenters. The van der Waals surface area contributed by atoms with Gasteiger partial charge in [-0.1, -0.05) is 18.2 Å². The second-order valence-electron chi connectivity index (χ2n) is 6.63. The molecule has 0 aliphatic heterocycles. The molecule has 0 bridgehead atoms. The number of anilines is 1. The van der Waals surface area contributed by atoms with Gasteiger partial charge in [0.05, 0.1) is 22.9 Å². The summed E-state index contributed by atoms with van der Waals surface area (Å²) in [6.07, 6.45) is 2.04. The van der Waals surface area contributed by atoms with Crippen molar-refractivity contribution in [1.29, 1.82) is 5.26 Å². The van der Waals surface area contributed by atoms with E-state index in [0.717, 1.165) is 12.8 Å². The first kappa shape index (κ1) is 20.6. The van der Waals surface area contributed by atoms with Crippen LogP contribution in [0.25, 0.3) is 0 Å². The first-order chi connectivity index (χ1) is 14.1. The van der Waals surface area contributed by atoms with Gasteiger partial charge in [-0.05, 0) is 49.6 Å². The number of carbonyl (C=O) groups excluding carboxylic acids is 3. The van der Waals surface area contributed by atoms with Crippen molar-refractivity contribution in [2.45, 2.75) is 36.7 Å². The number of hydrogen-bond acceptors (Lipinski definition) is 6. The van der Waals surface area contributed by atoms with Gasteiger partial charge in [-0.15, -0.1) is 11.8 Å². The molecule has 1 N–H and O–H groups in total. The summed E-state index contributed by atoms with van der Waals surface area (Å²) in [6.45, 7) is 0. The van der Waals surface area contributed by atoms with Gasteiger partial charge in [0.15, 0.2) is 11.9 Å². The Bertz CT molecular complexity index is 967. The fourth-order valence-corrected chi connectivity index (χ4v) is 3.88. The molecule has 0 saturated heterocycles. The van der Waals surface area contributed by atoms with Gasteiger partial charge in [-0.3, -0.25) is 9.59 Å². The number of ketones is 1. The van der Waals surface area contributed by atoms with Gasteiger partial charge in [-0.25, -0.2) is 4.79 Å². The van der Waals surface area contributed by atoms with E-state index in [1.807, 2.05) is 6.07 Å². The maximum Gasteiger partial charge on any atom is 0.339 e. The molecular weight excluding hydrogens is 388 g/mol. The minimum absolute atomic E-state index is 0.0336. The Morgan fingerprint density at radius 1 is 1.17 bits per heavy atom. The number of hydrogen-bond donors (Lipinski definition) is 1. The largest absolute Gasteiger partial charge is 0.451 e. The molecule has 29 heavy (non-hydrogen) atoms. The van der Waals surface area contributed by atoms with E-state index in [2.05, 4.69) is 5.32 Å². The van der Waals surface area contributed by atoms with Crippen molar-refractivity contribution in [1.82, 2.24) is 0 Å². The summed E-state index contributed by atoms with van der Waals surface area (Å²) >= 11 is 1.21. The van der Waals surface area contributed by atoms with Gasteiger partial charge >= 0.3 is 5.97 Å². The molecule has 1 fully saturated rings. The Morgan fingerprint density at radius 3 is 2.79 bits per heavy atom. The third-order valence-corrected chi connectivity index (χ3v) is 5.56. The summed E-state index contributed by atoms with van der Waals surface area (Å²) in [7, 11) is 0. The number of ether oxygens (including phenoxy) is 1. The van der Waals surface area contributed by atoms with Crippen molar-refractivity contribution < 1.29 is 19.1 Å². The molecule has 6 nitrogen and oxygen atoms in total. The van der Waals surface area contributed by atoms with Gasteiger partial charge in [0.2, 0.25) is 5.91 Å². The highest BCUT2D eigenvalue weighted by atomic mass is 32.2. The number of rotatable bonds is 6. The normalized spacial score (nSPS) is 16.0. The van der Waals surface area contributed by atoms with E-state index in [9.17, 15) is 14.4 Å². The summed E-state index contributed by atoms with van der Waals surface area (Å²) < 4.78 is 5.43. The first-order valence-corrected chi connectivity index (χ1v) is 10.3. The number of esters is 1. The van der Waals surface area contributed by atoms with Gasteiger partial charge in [0, 0.05) is 17.0 Å². The number of carbonyl (C=O) groups is 3. The molecule has 1 aliphatic carbocycles. The monoisotopic (exact) mass is 408 g/mol. The number of benzene rings is 2. The molecule has 148 valence electrons. The topological polar surface area (TPSA) is 96.3 Å². The Hall–Kier alpha value is -3.11. The van der Waals surface area contributed by atoms with Gasteiger partial charge in [0.1, 0.15) is 0 Å². The van der Waals surface area contributed by atoms with Crippen LogP contribution in [0.2, 0.25) is 0 Å². The Kier molecular flexibility index (Phi) is 7.04. The van der Waals surface area contributed by atoms with E-state index in [1.165, 1.54) is 11.8 Å². The van der Waals surface area contributed by atoms with Crippen molar-refractivity contribution in [3.63, 3.8) is 0 Å². The summed E-state index contributed by atoms with van der Waals surface area (Å²) in [5, 5.41) is 11.7. The van der Waals surface area contributed by atoms with Crippen LogP contribution in [-0.4, -0.2) is 29.5 Å². The number of nitriles is 1. The van der Waals surface area contributed by atoms with E-state index < -0.39 is 12.1 Å². The van der Waals surface area contributed by atoms with Crippen LogP contribution < -0.4 is 5.32 Å². The molecule has 0 heterocycles. The highest BCUT2D eigenvalue weighted by molar-refractivity contribution is 8.00. The lowest BCUT2D eigenvalue weighted by Gasteiger charge is -2.21. The molecule has 0 unspecified atom stereocenters. The average molecular weight is 408 g/mol. The molecule has 1 aliphatic rings. The second-order valence-corrected chi connectivity index (χ2v) is 7.65. The van der Waals surface area contributed by atoms with Crippen molar-refractivity contribution >= 4 is 35.1 Å². The SMILES string of the molecule is N#Cc1cccc(NC(=O)CSc2ccccc2C(=O)O[C@@H]2CCCCC2=O)c1. The summed E-state index contributed by atoms with van der Waals surface area (Å²) in [5.74, 6) is -0.747. The predicted molar refractivity (Wildman–Crippen MR) is 110 cm³/mol. The average Bonchev–Trinajstić information content (AvgIpc) is 2.74. The number of amides is 1. The number of Topliss-reactive ketones (excluding diaryl/α,β-unsaturated/α-hetero) is 1. The van der Waals surface area contributed by atoms with Crippen LogP contribution in [-0.2, 0) is 14.3 Å². The van der Waals surface area contributed by atoms with E-state index in [-0.39, 0.29) is 17.4 Å². The zero-order chi connectivity index (χ0) is 20.6. The van der Waals surface area contributed by atoms with E-state index in [4.69, 9.17) is 10.00 Å². The number of nitrogens with zero attached hydrogens (tertiary/aromatic N) is 1.